The number of anilines is 1. The summed E-state index contributed by atoms with van der Waals surface area (Å²) in [6.07, 6.45) is -0.0757. The highest BCUT2D eigenvalue weighted by Crippen LogP contribution is 2.30. The molecule has 0 bridgehead atoms. The number of nitrogens with two attached hydrogens (primary N) is 1. The Morgan fingerprint density at radius 1 is 0.850 bits per heavy atom. The fraction of sp³-hybridized carbons (Fsp3) is 0.269. The first-order valence-electron chi connectivity index (χ1n) is 12.3. The number of carbonyl (C=O) groups is 1. The Balaban J connectivity index is 1.34. The number of hydrogen-bond donors (Lipinski definition) is 3. The van der Waals surface area contributed by atoms with E-state index in [1.54, 1.807) is 29.2 Å². The lowest BCUT2D eigenvalue weighted by molar-refractivity contribution is -0.133. The van der Waals surface area contributed by atoms with Gasteiger partial charge in [0.05, 0.1) is 16.6 Å². The predicted molar refractivity (Wildman–Crippen MR) is 146 cm³/mol. The fourth-order valence-electron chi connectivity index (χ4n) is 4.56. The molecule has 1 amide bonds. The molecule has 3 aromatic rings. The average molecular weight is 594 g/mol. The number of benzene rings is 3. The van der Waals surface area contributed by atoms with E-state index in [1.165, 1.54) is 42.5 Å². The van der Waals surface area contributed by atoms with E-state index in [1.807, 2.05) is 4.72 Å². The van der Waals surface area contributed by atoms with Crippen LogP contribution in [0.15, 0.2) is 77.7 Å². The highest BCUT2D eigenvalue weighted by Gasteiger charge is 2.28. The number of piperazine rings is 1. The van der Waals surface area contributed by atoms with Gasteiger partial charge in [-0.25, -0.2) is 27.1 Å². The maximum Gasteiger partial charge on any atom is 0.296 e. The first kappa shape index (κ1) is 29.6. The van der Waals surface area contributed by atoms with E-state index in [-0.39, 0.29) is 47.1 Å². The van der Waals surface area contributed by atoms with Gasteiger partial charge in [0, 0.05) is 39.1 Å². The molecule has 1 saturated heterocycles. The second kappa shape index (κ2) is 12.4. The minimum Gasteiger partial charge on any atom is -0.340 e. The molecule has 0 radical (unpaired) electrons. The predicted octanol–water partition coefficient (Wildman–Crippen LogP) is 2.18. The zero-order valence-electron chi connectivity index (χ0n) is 21.3. The van der Waals surface area contributed by atoms with Gasteiger partial charge < -0.3 is 4.90 Å². The molecule has 4 N–H and O–H groups in total. The molecule has 0 aromatic heterocycles. The fourth-order valence-corrected chi connectivity index (χ4v) is 6.09. The number of nitrogens with one attached hydrogen (secondary N) is 2. The lowest BCUT2D eigenvalue weighted by atomic mass is 9.96. The molecule has 214 valence electrons. The van der Waals surface area contributed by atoms with Gasteiger partial charge in [-0.05, 0) is 53.6 Å². The molecule has 1 heterocycles. The molecule has 3 aromatic carbocycles. The molecule has 4 rings (SSSR count). The maximum atomic E-state index is 13.6. The van der Waals surface area contributed by atoms with Crippen LogP contribution in [0, 0.1) is 11.6 Å². The third-order valence-electron chi connectivity index (χ3n) is 6.44. The van der Waals surface area contributed by atoms with Crippen molar-refractivity contribution in [3.8, 4) is 0 Å². The summed E-state index contributed by atoms with van der Waals surface area (Å²) in [6, 6.07) is 17.1. The molecular weight excluding hydrogens is 564 g/mol. The summed E-state index contributed by atoms with van der Waals surface area (Å²) < 4.78 is 79.2. The molecular formula is C26H29F2N5O5S2. The van der Waals surface area contributed by atoms with Crippen molar-refractivity contribution in [2.45, 2.75) is 17.4 Å². The van der Waals surface area contributed by atoms with E-state index < -0.39 is 20.2 Å². The molecule has 40 heavy (non-hydrogen) atoms. The summed E-state index contributed by atoms with van der Waals surface area (Å²) in [6.45, 7) is 1.64. The Bertz CT molecular complexity index is 1500. The van der Waals surface area contributed by atoms with Crippen LogP contribution in [0.25, 0.3) is 0 Å². The van der Waals surface area contributed by atoms with Crippen LogP contribution in [0.2, 0.25) is 0 Å². The monoisotopic (exact) mass is 593 g/mol. The molecule has 0 unspecified atom stereocenters. The third-order valence-corrected chi connectivity index (χ3v) is 8.42. The zero-order chi connectivity index (χ0) is 28.9. The highest BCUT2D eigenvalue weighted by molar-refractivity contribution is 7.90. The quantitative estimate of drug-likeness (QED) is 0.329. The average Bonchev–Trinajstić information content (AvgIpc) is 2.90. The van der Waals surface area contributed by atoms with E-state index in [0.717, 1.165) is 17.2 Å². The summed E-state index contributed by atoms with van der Waals surface area (Å²) >= 11 is 0. The normalized spacial score (nSPS) is 14.8. The van der Waals surface area contributed by atoms with Gasteiger partial charge in [-0.2, -0.15) is 8.42 Å². The van der Waals surface area contributed by atoms with Crippen LogP contribution in [-0.4, -0.2) is 65.3 Å². The van der Waals surface area contributed by atoms with Crippen LogP contribution in [0.5, 0.6) is 0 Å². The van der Waals surface area contributed by atoms with Crippen molar-refractivity contribution < 1.29 is 30.4 Å². The molecule has 0 saturated carbocycles. The summed E-state index contributed by atoms with van der Waals surface area (Å²) in [5, 5.41) is 4.93. The number of carbonyl (C=O) groups excluding carboxylic acids is 1. The van der Waals surface area contributed by atoms with Gasteiger partial charge in [-0.1, -0.05) is 30.3 Å². The zero-order valence-corrected chi connectivity index (χ0v) is 23.0. The first-order chi connectivity index (χ1) is 18.9. The van der Waals surface area contributed by atoms with Crippen LogP contribution in [0.1, 0.15) is 23.6 Å². The second-order valence-corrected chi connectivity index (χ2v) is 12.3. The van der Waals surface area contributed by atoms with Crippen LogP contribution in [-0.2, 0) is 25.0 Å². The van der Waals surface area contributed by atoms with Gasteiger partial charge in [0.2, 0.25) is 15.9 Å². The van der Waals surface area contributed by atoms with Crippen LogP contribution < -0.4 is 14.6 Å². The second-order valence-electron chi connectivity index (χ2n) is 9.25. The Labute approximate surface area is 232 Å². The minimum atomic E-state index is -4.07. The van der Waals surface area contributed by atoms with Crippen LogP contribution in [0.4, 0.5) is 14.5 Å². The SMILES string of the molecule is NS(=O)(=O)Nc1cccc(S(=O)(=O)NCCC(=O)N2CCN(C(c3ccc(F)cc3)c3ccc(F)cc3)CC2)c1. The number of amides is 1. The third kappa shape index (κ3) is 7.82. The largest absolute Gasteiger partial charge is 0.340 e. The van der Waals surface area contributed by atoms with Gasteiger partial charge >= 0.3 is 0 Å². The van der Waals surface area contributed by atoms with E-state index in [9.17, 15) is 30.4 Å². The Kier molecular flexibility index (Phi) is 9.15. The standard InChI is InChI=1S/C26H29F2N5O5S2/c27-21-8-4-19(5-9-21)26(20-6-10-22(28)11-7-20)33-16-14-32(15-17-33)25(34)12-13-30-39(35,36)24-3-1-2-23(18-24)31-40(29,37)38/h1-11,18,26,30-31H,12-17H2,(H2,29,37,38). The van der Waals surface area contributed by atoms with Crippen molar-refractivity contribution >= 4 is 31.8 Å². The van der Waals surface area contributed by atoms with E-state index in [0.29, 0.717) is 26.2 Å². The van der Waals surface area contributed by atoms with Gasteiger partial charge in [0.25, 0.3) is 10.2 Å². The van der Waals surface area contributed by atoms with Crippen molar-refractivity contribution in [3.63, 3.8) is 0 Å². The van der Waals surface area contributed by atoms with E-state index in [4.69, 9.17) is 5.14 Å². The molecule has 14 heteroatoms. The van der Waals surface area contributed by atoms with Crippen molar-refractivity contribution in [2.75, 3.05) is 37.4 Å². The number of hydrogen-bond acceptors (Lipinski definition) is 6. The van der Waals surface area contributed by atoms with Gasteiger partial charge in [0.15, 0.2) is 0 Å². The molecule has 10 nitrogen and oxygen atoms in total. The number of halogens is 2. The molecule has 0 spiro atoms. The lowest BCUT2D eigenvalue weighted by Gasteiger charge is -2.40. The molecule has 0 aliphatic carbocycles. The van der Waals surface area contributed by atoms with E-state index in [2.05, 4.69) is 9.62 Å². The Morgan fingerprint density at radius 3 is 1.93 bits per heavy atom. The maximum absolute atomic E-state index is 13.6. The van der Waals surface area contributed by atoms with Gasteiger partial charge in [0.1, 0.15) is 11.6 Å². The molecule has 1 fully saturated rings. The molecule has 0 atom stereocenters. The van der Waals surface area contributed by atoms with Crippen molar-refractivity contribution in [3.05, 3.63) is 95.6 Å². The van der Waals surface area contributed by atoms with Gasteiger partial charge in [-0.3, -0.25) is 14.4 Å². The van der Waals surface area contributed by atoms with Crippen LogP contribution >= 0.6 is 0 Å². The summed E-state index contributed by atoms with van der Waals surface area (Å²) in [5.41, 5.74) is 1.66. The summed E-state index contributed by atoms with van der Waals surface area (Å²) in [7, 11) is -8.08. The first-order valence-corrected chi connectivity index (χ1v) is 15.4. The van der Waals surface area contributed by atoms with Crippen LogP contribution in [0.3, 0.4) is 0 Å². The van der Waals surface area contributed by atoms with Gasteiger partial charge in [-0.15, -0.1) is 0 Å². The van der Waals surface area contributed by atoms with E-state index >= 15 is 0 Å². The number of nitrogens with zero attached hydrogens (tertiary/aromatic N) is 2. The van der Waals surface area contributed by atoms with Crippen molar-refractivity contribution in [2.24, 2.45) is 5.14 Å². The van der Waals surface area contributed by atoms with Crippen molar-refractivity contribution in [1.29, 1.82) is 0 Å². The summed E-state index contributed by atoms with van der Waals surface area (Å²) in [4.78, 5) is 16.4. The van der Waals surface area contributed by atoms with Crippen molar-refractivity contribution in [1.82, 2.24) is 14.5 Å². The Hall–Kier alpha value is -3.43. The Morgan fingerprint density at radius 2 is 1.40 bits per heavy atom. The molecule has 1 aliphatic heterocycles. The molecule has 1 aliphatic rings. The summed E-state index contributed by atoms with van der Waals surface area (Å²) in [5.74, 6) is -0.951. The number of rotatable bonds is 10. The lowest BCUT2D eigenvalue weighted by Crippen LogP contribution is -2.50. The highest BCUT2D eigenvalue weighted by atomic mass is 32.2. The topological polar surface area (TPSA) is 142 Å². The smallest absolute Gasteiger partial charge is 0.296 e. The number of sulfonamides is 1. The minimum absolute atomic E-state index is 0.0149.